The van der Waals surface area contributed by atoms with Gasteiger partial charge in [0, 0.05) is 4.88 Å². The minimum Gasteiger partial charge on any atom is -0.306 e. The van der Waals surface area contributed by atoms with Crippen LogP contribution in [0.3, 0.4) is 0 Å². The third kappa shape index (κ3) is 2.10. The summed E-state index contributed by atoms with van der Waals surface area (Å²) >= 11 is 1.64. The second-order valence-corrected chi connectivity index (χ2v) is 4.80. The van der Waals surface area contributed by atoms with Gasteiger partial charge >= 0.3 is 0 Å². The molecule has 1 N–H and O–H groups in total. The van der Waals surface area contributed by atoms with Crippen LogP contribution in [0.4, 0.5) is 0 Å². The standard InChI is InChI=1S/C14H10N2OS/c17-14-11-5-1-2-6-12(11)15-13(16-14)8-7-10-4-3-9-18-10/h1-9H,(H,15,16,17)/b8-7+. The number of H-pyrrole nitrogens is 1. The highest BCUT2D eigenvalue weighted by Gasteiger charge is 2.00. The summed E-state index contributed by atoms with van der Waals surface area (Å²) in [7, 11) is 0. The van der Waals surface area contributed by atoms with Gasteiger partial charge in [-0.15, -0.1) is 11.3 Å². The topological polar surface area (TPSA) is 45.8 Å². The number of benzene rings is 1. The summed E-state index contributed by atoms with van der Waals surface area (Å²) in [5.41, 5.74) is 0.610. The van der Waals surface area contributed by atoms with Crippen molar-refractivity contribution in [2.45, 2.75) is 0 Å². The molecule has 0 atom stereocenters. The van der Waals surface area contributed by atoms with Gasteiger partial charge in [0.25, 0.3) is 5.56 Å². The molecule has 0 saturated carbocycles. The number of para-hydroxylation sites is 1. The molecule has 0 amide bonds. The van der Waals surface area contributed by atoms with Crippen molar-refractivity contribution in [3.05, 3.63) is 62.8 Å². The van der Waals surface area contributed by atoms with Crippen LogP contribution in [0.15, 0.2) is 46.6 Å². The summed E-state index contributed by atoms with van der Waals surface area (Å²) in [5.74, 6) is 0.576. The first-order valence-corrected chi connectivity index (χ1v) is 6.41. The van der Waals surface area contributed by atoms with E-state index >= 15 is 0 Å². The molecule has 0 saturated heterocycles. The van der Waals surface area contributed by atoms with Gasteiger partial charge < -0.3 is 4.98 Å². The summed E-state index contributed by atoms with van der Waals surface area (Å²) in [6, 6.07) is 11.3. The van der Waals surface area contributed by atoms with E-state index in [1.807, 2.05) is 47.9 Å². The summed E-state index contributed by atoms with van der Waals surface area (Å²) in [6.45, 7) is 0. The number of hydrogen-bond acceptors (Lipinski definition) is 3. The average molecular weight is 254 g/mol. The molecule has 4 heteroatoms. The van der Waals surface area contributed by atoms with Crippen molar-refractivity contribution in [1.29, 1.82) is 0 Å². The van der Waals surface area contributed by atoms with Crippen LogP contribution < -0.4 is 5.56 Å². The molecule has 0 spiro atoms. The van der Waals surface area contributed by atoms with E-state index in [1.165, 1.54) is 0 Å². The van der Waals surface area contributed by atoms with Gasteiger partial charge in [-0.05, 0) is 35.7 Å². The summed E-state index contributed by atoms with van der Waals surface area (Å²) in [5, 5.41) is 2.63. The maximum Gasteiger partial charge on any atom is 0.259 e. The highest BCUT2D eigenvalue weighted by atomic mass is 32.1. The molecule has 0 unspecified atom stereocenters. The second-order valence-electron chi connectivity index (χ2n) is 3.82. The molecule has 3 aromatic rings. The van der Waals surface area contributed by atoms with Gasteiger partial charge in [0.1, 0.15) is 5.82 Å². The van der Waals surface area contributed by atoms with E-state index in [4.69, 9.17) is 0 Å². The first-order valence-electron chi connectivity index (χ1n) is 5.53. The highest BCUT2D eigenvalue weighted by molar-refractivity contribution is 7.10. The van der Waals surface area contributed by atoms with Crippen LogP contribution in [0.5, 0.6) is 0 Å². The SMILES string of the molecule is O=c1[nH]c(/C=C/c2cccs2)nc2ccccc12. The zero-order valence-electron chi connectivity index (χ0n) is 9.46. The van der Waals surface area contributed by atoms with Crippen molar-refractivity contribution in [1.82, 2.24) is 9.97 Å². The lowest BCUT2D eigenvalue weighted by Gasteiger charge is -1.97. The first-order chi connectivity index (χ1) is 8.83. The molecule has 88 valence electrons. The lowest BCUT2D eigenvalue weighted by Crippen LogP contribution is -2.09. The fraction of sp³-hybridized carbons (Fsp3) is 0. The third-order valence-corrected chi connectivity index (χ3v) is 3.42. The Morgan fingerprint density at radius 2 is 2.00 bits per heavy atom. The van der Waals surface area contributed by atoms with Crippen LogP contribution in [-0.2, 0) is 0 Å². The predicted octanol–water partition coefficient (Wildman–Crippen LogP) is 3.16. The number of nitrogens with one attached hydrogen (secondary N) is 1. The highest BCUT2D eigenvalue weighted by Crippen LogP contribution is 2.12. The molecule has 3 nitrogen and oxygen atoms in total. The van der Waals surface area contributed by atoms with E-state index < -0.39 is 0 Å². The van der Waals surface area contributed by atoms with E-state index in [9.17, 15) is 4.79 Å². The van der Waals surface area contributed by atoms with Gasteiger partial charge in [0.15, 0.2) is 0 Å². The number of aromatic nitrogens is 2. The van der Waals surface area contributed by atoms with Gasteiger partial charge in [-0.3, -0.25) is 4.79 Å². The van der Waals surface area contributed by atoms with Crippen LogP contribution in [-0.4, -0.2) is 9.97 Å². The largest absolute Gasteiger partial charge is 0.306 e. The summed E-state index contributed by atoms with van der Waals surface area (Å²) in [6.07, 6.45) is 3.76. The minimum absolute atomic E-state index is 0.105. The number of rotatable bonds is 2. The van der Waals surface area contributed by atoms with Crippen molar-refractivity contribution < 1.29 is 0 Å². The lowest BCUT2D eigenvalue weighted by atomic mass is 10.2. The fourth-order valence-electron chi connectivity index (χ4n) is 1.73. The summed E-state index contributed by atoms with van der Waals surface area (Å²) < 4.78 is 0. The Bertz CT molecular complexity index is 757. The quantitative estimate of drug-likeness (QED) is 0.763. The van der Waals surface area contributed by atoms with E-state index in [0.29, 0.717) is 16.7 Å². The molecular weight excluding hydrogens is 244 g/mol. The molecule has 18 heavy (non-hydrogen) atoms. The molecular formula is C14H10N2OS. The monoisotopic (exact) mass is 254 g/mol. The maximum absolute atomic E-state index is 11.8. The molecule has 2 heterocycles. The third-order valence-electron chi connectivity index (χ3n) is 2.58. The molecule has 2 aromatic heterocycles. The zero-order valence-corrected chi connectivity index (χ0v) is 10.3. The Morgan fingerprint density at radius 1 is 1.11 bits per heavy atom. The molecule has 0 aliphatic carbocycles. The van der Waals surface area contributed by atoms with E-state index in [1.54, 1.807) is 17.4 Å². The lowest BCUT2D eigenvalue weighted by molar-refractivity contribution is 1.14. The Labute approximate surface area is 107 Å². The van der Waals surface area contributed by atoms with Crippen molar-refractivity contribution in [3.8, 4) is 0 Å². The second kappa shape index (κ2) is 4.58. The summed E-state index contributed by atoms with van der Waals surface area (Å²) in [4.78, 5) is 20.1. The predicted molar refractivity (Wildman–Crippen MR) is 75.6 cm³/mol. The normalized spacial score (nSPS) is 11.3. The fourth-order valence-corrected chi connectivity index (χ4v) is 2.35. The Balaban J connectivity index is 2.06. The van der Waals surface area contributed by atoms with Crippen molar-refractivity contribution in [3.63, 3.8) is 0 Å². The van der Waals surface area contributed by atoms with E-state index in [-0.39, 0.29) is 5.56 Å². The number of fused-ring (bicyclic) bond motifs is 1. The first kappa shape index (κ1) is 10.9. The Hall–Kier alpha value is -2.20. The minimum atomic E-state index is -0.105. The number of thiophene rings is 1. The smallest absolute Gasteiger partial charge is 0.259 e. The molecule has 3 rings (SSSR count). The number of hydrogen-bond donors (Lipinski definition) is 1. The van der Waals surface area contributed by atoms with Gasteiger partial charge in [0.05, 0.1) is 10.9 Å². The van der Waals surface area contributed by atoms with Crippen molar-refractivity contribution in [2.75, 3.05) is 0 Å². The average Bonchev–Trinajstić information content (AvgIpc) is 2.90. The van der Waals surface area contributed by atoms with Crippen LogP contribution in [0, 0.1) is 0 Å². The number of aromatic amines is 1. The van der Waals surface area contributed by atoms with Crippen molar-refractivity contribution >= 4 is 34.4 Å². The molecule has 0 fully saturated rings. The van der Waals surface area contributed by atoms with Crippen LogP contribution >= 0.6 is 11.3 Å². The van der Waals surface area contributed by atoms with Gasteiger partial charge in [-0.25, -0.2) is 4.98 Å². The maximum atomic E-state index is 11.8. The molecule has 0 radical (unpaired) electrons. The van der Waals surface area contributed by atoms with Gasteiger partial charge in [0.2, 0.25) is 0 Å². The Kier molecular flexibility index (Phi) is 2.78. The van der Waals surface area contributed by atoms with E-state index in [0.717, 1.165) is 4.88 Å². The van der Waals surface area contributed by atoms with Crippen molar-refractivity contribution in [2.24, 2.45) is 0 Å². The van der Waals surface area contributed by atoms with E-state index in [2.05, 4.69) is 9.97 Å². The van der Waals surface area contributed by atoms with Gasteiger partial charge in [-0.1, -0.05) is 18.2 Å². The Morgan fingerprint density at radius 3 is 2.83 bits per heavy atom. The van der Waals surface area contributed by atoms with Crippen LogP contribution in [0.25, 0.3) is 23.1 Å². The molecule has 0 aliphatic rings. The van der Waals surface area contributed by atoms with Crippen LogP contribution in [0.1, 0.15) is 10.7 Å². The number of nitrogens with zero attached hydrogens (tertiary/aromatic N) is 1. The van der Waals surface area contributed by atoms with Gasteiger partial charge in [-0.2, -0.15) is 0 Å². The molecule has 1 aromatic carbocycles. The molecule has 0 aliphatic heterocycles. The van der Waals surface area contributed by atoms with Crippen LogP contribution in [0.2, 0.25) is 0 Å². The zero-order chi connectivity index (χ0) is 12.4. The molecule has 0 bridgehead atoms.